The first kappa shape index (κ1) is 14.1. The van der Waals surface area contributed by atoms with Crippen molar-refractivity contribution in [3.05, 3.63) is 64.4 Å². The zero-order valence-electron chi connectivity index (χ0n) is 12.7. The molecule has 2 aromatic heterocycles. The molecule has 0 atom stereocenters. The molecule has 7 nitrogen and oxygen atoms in total. The minimum atomic E-state index is -0.415. The number of amides is 1. The number of fused-ring (bicyclic) bond motifs is 2. The molecule has 0 spiro atoms. The van der Waals surface area contributed by atoms with Crippen molar-refractivity contribution in [1.29, 1.82) is 0 Å². The van der Waals surface area contributed by atoms with Gasteiger partial charge in [0.25, 0.3) is 11.5 Å². The molecule has 2 heterocycles. The van der Waals surface area contributed by atoms with Gasteiger partial charge in [-0.2, -0.15) is 5.10 Å². The van der Waals surface area contributed by atoms with Crippen molar-refractivity contribution in [2.45, 2.75) is 6.92 Å². The quantitative estimate of drug-likeness (QED) is 0.591. The van der Waals surface area contributed by atoms with E-state index in [1.807, 2.05) is 0 Å². The van der Waals surface area contributed by atoms with Crippen LogP contribution in [-0.4, -0.2) is 21.1 Å². The number of aromatic nitrogens is 3. The smallest absolute Gasteiger partial charge is 0.276 e. The molecule has 0 saturated heterocycles. The van der Waals surface area contributed by atoms with E-state index >= 15 is 0 Å². The molecule has 2 aromatic carbocycles. The number of nitrogens with zero attached hydrogens (tertiary/aromatic N) is 2. The molecule has 0 unspecified atom stereocenters. The van der Waals surface area contributed by atoms with E-state index in [1.54, 1.807) is 49.4 Å². The molecule has 0 saturated carbocycles. The Labute approximate surface area is 135 Å². The van der Waals surface area contributed by atoms with Crippen molar-refractivity contribution in [2.75, 3.05) is 5.32 Å². The highest BCUT2D eigenvalue weighted by Gasteiger charge is 2.14. The first-order valence-electron chi connectivity index (χ1n) is 7.28. The number of carbonyl (C=O) groups excluding carboxylic acids is 1. The number of hydrogen-bond acceptors (Lipinski definition) is 5. The van der Waals surface area contributed by atoms with E-state index in [0.717, 1.165) is 0 Å². The van der Waals surface area contributed by atoms with Crippen LogP contribution in [0.2, 0.25) is 0 Å². The SMILES string of the molecule is Cc1nc2cc(NC(=O)c3n[nH]c(=O)c4ccccc34)ccc2o1. The molecule has 1 amide bonds. The third kappa shape index (κ3) is 2.32. The summed E-state index contributed by atoms with van der Waals surface area (Å²) >= 11 is 0. The molecule has 0 radical (unpaired) electrons. The van der Waals surface area contributed by atoms with Crippen molar-refractivity contribution in [3.63, 3.8) is 0 Å². The van der Waals surface area contributed by atoms with Crippen molar-refractivity contribution in [2.24, 2.45) is 0 Å². The monoisotopic (exact) mass is 320 g/mol. The van der Waals surface area contributed by atoms with Gasteiger partial charge in [0.1, 0.15) is 5.52 Å². The molecule has 4 aromatic rings. The van der Waals surface area contributed by atoms with Crippen LogP contribution in [-0.2, 0) is 0 Å². The van der Waals surface area contributed by atoms with E-state index in [-0.39, 0.29) is 11.3 Å². The van der Waals surface area contributed by atoms with E-state index in [9.17, 15) is 9.59 Å². The minimum absolute atomic E-state index is 0.154. The molecule has 7 heteroatoms. The van der Waals surface area contributed by atoms with Crippen molar-refractivity contribution in [1.82, 2.24) is 15.2 Å². The summed E-state index contributed by atoms with van der Waals surface area (Å²) in [4.78, 5) is 28.6. The Bertz CT molecular complexity index is 1140. The normalized spacial score (nSPS) is 11.0. The third-order valence-electron chi connectivity index (χ3n) is 3.66. The summed E-state index contributed by atoms with van der Waals surface area (Å²) in [6, 6.07) is 12.0. The van der Waals surface area contributed by atoms with Gasteiger partial charge in [-0.15, -0.1) is 0 Å². The Morgan fingerprint density at radius 2 is 1.96 bits per heavy atom. The summed E-state index contributed by atoms with van der Waals surface area (Å²) in [5.74, 6) is 0.142. The molecule has 4 rings (SSSR count). The highest BCUT2D eigenvalue weighted by Crippen LogP contribution is 2.21. The van der Waals surface area contributed by atoms with Crippen molar-refractivity contribution >= 4 is 33.5 Å². The van der Waals surface area contributed by atoms with Gasteiger partial charge in [0.15, 0.2) is 17.2 Å². The van der Waals surface area contributed by atoms with Gasteiger partial charge in [-0.1, -0.05) is 18.2 Å². The van der Waals surface area contributed by atoms with Crippen LogP contribution in [0.3, 0.4) is 0 Å². The number of H-pyrrole nitrogens is 1. The van der Waals surface area contributed by atoms with Gasteiger partial charge in [0.2, 0.25) is 0 Å². The van der Waals surface area contributed by atoms with E-state index < -0.39 is 5.91 Å². The highest BCUT2D eigenvalue weighted by atomic mass is 16.3. The number of aryl methyl sites for hydroxylation is 1. The van der Waals surface area contributed by atoms with Crippen LogP contribution < -0.4 is 10.9 Å². The van der Waals surface area contributed by atoms with E-state index in [0.29, 0.717) is 33.5 Å². The van der Waals surface area contributed by atoms with Gasteiger partial charge in [0.05, 0.1) is 5.39 Å². The molecular weight excluding hydrogens is 308 g/mol. The number of hydrogen-bond donors (Lipinski definition) is 2. The van der Waals surface area contributed by atoms with E-state index in [4.69, 9.17) is 4.42 Å². The molecular formula is C17H12N4O3. The number of anilines is 1. The van der Waals surface area contributed by atoms with Gasteiger partial charge in [-0.05, 0) is 24.3 Å². The van der Waals surface area contributed by atoms with Gasteiger partial charge in [-0.3, -0.25) is 9.59 Å². The van der Waals surface area contributed by atoms with Crippen LogP contribution in [0.4, 0.5) is 5.69 Å². The fraction of sp³-hybridized carbons (Fsp3) is 0.0588. The Morgan fingerprint density at radius 1 is 1.17 bits per heavy atom. The van der Waals surface area contributed by atoms with Crippen LogP contribution >= 0.6 is 0 Å². The predicted octanol–water partition coefficient (Wildman–Crippen LogP) is 2.63. The summed E-state index contributed by atoms with van der Waals surface area (Å²) < 4.78 is 5.41. The first-order valence-corrected chi connectivity index (χ1v) is 7.28. The average Bonchev–Trinajstić information content (AvgIpc) is 2.94. The topological polar surface area (TPSA) is 101 Å². The molecule has 0 fully saturated rings. The molecule has 24 heavy (non-hydrogen) atoms. The summed E-state index contributed by atoms with van der Waals surface area (Å²) in [5.41, 5.74) is 1.70. The molecule has 2 N–H and O–H groups in total. The van der Waals surface area contributed by atoms with Crippen LogP contribution in [0.1, 0.15) is 16.4 Å². The largest absolute Gasteiger partial charge is 0.441 e. The number of rotatable bonds is 2. The number of nitrogens with one attached hydrogen (secondary N) is 2. The lowest BCUT2D eigenvalue weighted by Crippen LogP contribution is -2.19. The van der Waals surface area contributed by atoms with Gasteiger partial charge >= 0.3 is 0 Å². The van der Waals surface area contributed by atoms with Crippen LogP contribution in [0.5, 0.6) is 0 Å². The van der Waals surface area contributed by atoms with Gasteiger partial charge in [0, 0.05) is 18.0 Å². The first-order chi connectivity index (χ1) is 11.6. The summed E-state index contributed by atoms with van der Waals surface area (Å²) in [6.45, 7) is 1.76. The molecule has 0 aliphatic carbocycles. The number of carbonyl (C=O) groups is 1. The zero-order valence-corrected chi connectivity index (χ0v) is 12.7. The number of aromatic amines is 1. The lowest BCUT2D eigenvalue weighted by molar-refractivity contribution is 0.102. The minimum Gasteiger partial charge on any atom is -0.441 e. The fourth-order valence-electron chi connectivity index (χ4n) is 2.60. The number of oxazole rings is 1. The highest BCUT2D eigenvalue weighted by molar-refractivity contribution is 6.11. The standard InChI is InChI=1S/C17H12N4O3/c1-9-18-13-8-10(6-7-14(13)24-9)19-17(23)15-11-4-2-3-5-12(11)16(22)21-20-15/h2-8H,1H3,(H,19,23)(H,21,22). The second kappa shape index (κ2) is 5.31. The number of benzene rings is 2. The summed E-state index contributed by atoms with van der Waals surface area (Å²) in [5, 5.41) is 9.91. The van der Waals surface area contributed by atoms with E-state index in [1.165, 1.54) is 0 Å². The average molecular weight is 320 g/mol. The Kier molecular flexibility index (Phi) is 3.13. The van der Waals surface area contributed by atoms with Crippen molar-refractivity contribution < 1.29 is 9.21 Å². The van der Waals surface area contributed by atoms with Crippen LogP contribution in [0.25, 0.3) is 21.9 Å². The second-order valence-electron chi connectivity index (χ2n) is 5.32. The van der Waals surface area contributed by atoms with Crippen molar-refractivity contribution in [3.8, 4) is 0 Å². The predicted molar refractivity (Wildman–Crippen MR) is 89.1 cm³/mol. The summed E-state index contributed by atoms with van der Waals surface area (Å²) in [7, 11) is 0. The molecule has 118 valence electrons. The third-order valence-corrected chi connectivity index (χ3v) is 3.66. The molecule has 0 bridgehead atoms. The lowest BCUT2D eigenvalue weighted by atomic mass is 10.1. The fourth-order valence-corrected chi connectivity index (χ4v) is 2.60. The Balaban J connectivity index is 1.73. The zero-order chi connectivity index (χ0) is 16.7. The molecule has 0 aliphatic rings. The Morgan fingerprint density at radius 3 is 2.79 bits per heavy atom. The summed E-state index contributed by atoms with van der Waals surface area (Å²) in [6.07, 6.45) is 0. The maximum absolute atomic E-state index is 12.5. The molecule has 0 aliphatic heterocycles. The Hall–Kier alpha value is -3.48. The van der Waals surface area contributed by atoms with Gasteiger partial charge in [-0.25, -0.2) is 10.1 Å². The van der Waals surface area contributed by atoms with Gasteiger partial charge < -0.3 is 9.73 Å². The van der Waals surface area contributed by atoms with E-state index in [2.05, 4.69) is 20.5 Å². The lowest BCUT2D eigenvalue weighted by Gasteiger charge is -2.06. The van der Waals surface area contributed by atoms with Crippen LogP contribution in [0.15, 0.2) is 51.7 Å². The second-order valence-corrected chi connectivity index (χ2v) is 5.32. The maximum atomic E-state index is 12.5. The van der Waals surface area contributed by atoms with Crippen LogP contribution in [0, 0.1) is 6.92 Å². The maximum Gasteiger partial charge on any atom is 0.276 e.